The minimum atomic E-state index is -0.0754. The molecule has 0 atom stereocenters. The molecular weight excluding hydrogens is 354 g/mol. The third-order valence-corrected chi connectivity index (χ3v) is 6.03. The minimum Gasteiger partial charge on any atom is -0.351 e. The van der Waals surface area contributed by atoms with Crippen molar-refractivity contribution >= 4 is 34.6 Å². The first-order valence-corrected chi connectivity index (χ1v) is 10.4. The highest BCUT2D eigenvalue weighted by molar-refractivity contribution is 8.18. The minimum absolute atomic E-state index is 0.0754. The van der Waals surface area contributed by atoms with E-state index < -0.39 is 0 Å². The van der Waals surface area contributed by atoms with Crippen LogP contribution < -0.4 is 5.32 Å². The number of nitrogens with one attached hydrogen (secondary N) is 1. The number of thioether (sulfide) groups is 1. The van der Waals surface area contributed by atoms with E-state index in [2.05, 4.69) is 53.3 Å². The number of rotatable bonds is 3. The Labute approximate surface area is 164 Å². The van der Waals surface area contributed by atoms with E-state index in [0.717, 1.165) is 11.3 Å². The number of aryl methyl sites for hydroxylation is 2. The zero-order valence-corrected chi connectivity index (χ0v) is 16.7. The summed E-state index contributed by atoms with van der Waals surface area (Å²) in [5, 5.41) is 3.52. The second-order valence-electron chi connectivity index (χ2n) is 7.51. The normalized spacial score (nSPS) is 21.2. The Kier molecular flexibility index (Phi) is 5.21. The number of aliphatic imine (C=N–C) groups is 1. The third kappa shape index (κ3) is 4.35. The van der Waals surface area contributed by atoms with Crippen LogP contribution in [0.2, 0.25) is 0 Å². The van der Waals surface area contributed by atoms with Gasteiger partial charge in [-0.3, -0.25) is 4.79 Å². The molecule has 1 amide bonds. The average molecular weight is 380 g/mol. The van der Waals surface area contributed by atoms with E-state index in [1.807, 2.05) is 18.2 Å². The van der Waals surface area contributed by atoms with Crippen LogP contribution in [0.3, 0.4) is 0 Å². The number of hydrogen-bond donors (Lipinski definition) is 1. The second-order valence-corrected chi connectivity index (χ2v) is 8.54. The third-order valence-electron chi connectivity index (χ3n) is 5.12. The molecule has 1 aliphatic carbocycles. The molecule has 140 valence electrons. The molecule has 1 aromatic carbocycles. The predicted molar refractivity (Wildman–Crippen MR) is 113 cm³/mol. The zero-order chi connectivity index (χ0) is 18.8. The molecule has 27 heavy (non-hydrogen) atoms. The van der Waals surface area contributed by atoms with Crippen LogP contribution in [0.5, 0.6) is 0 Å². The lowest BCUT2D eigenvalue weighted by molar-refractivity contribution is -0.115. The molecular formula is C22H25N3OS. The van der Waals surface area contributed by atoms with Crippen LogP contribution in [0.1, 0.15) is 54.8 Å². The molecule has 2 aliphatic rings. The zero-order valence-electron chi connectivity index (χ0n) is 15.9. The van der Waals surface area contributed by atoms with Gasteiger partial charge in [0.2, 0.25) is 0 Å². The van der Waals surface area contributed by atoms with Gasteiger partial charge >= 0.3 is 0 Å². The van der Waals surface area contributed by atoms with Crippen molar-refractivity contribution in [1.29, 1.82) is 0 Å². The molecule has 1 saturated carbocycles. The van der Waals surface area contributed by atoms with Gasteiger partial charge in [-0.15, -0.1) is 0 Å². The summed E-state index contributed by atoms with van der Waals surface area (Å²) >= 11 is 1.41. The molecule has 5 heteroatoms. The highest BCUT2D eigenvalue weighted by atomic mass is 32.2. The van der Waals surface area contributed by atoms with Gasteiger partial charge in [0.05, 0.1) is 10.6 Å². The average Bonchev–Trinajstić information content (AvgIpc) is 3.22. The summed E-state index contributed by atoms with van der Waals surface area (Å²) in [5.41, 5.74) is 4.29. The number of amidine groups is 1. The quantitative estimate of drug-likeness (QED) is 0.716. The topological polar surface area (TPSA) is 46.4 Å². The van der Waals surface area contributed by atoms with E-state index in [0.29, 0.717) is 16.1 Å². The molecule has 0 bridgehead atoms. The molecule has 4 nitrogen and oxygen atoms in total. The molecule has 1 N–H and O–H groups in total. The van der Waals surface area contributed by atoms with Crippen LogP contribution in [0.4, 0.5) is 5.69 Å². The fourth-order valence-electron chi connectivity index (χ4n) is 3.89. The van der Waals surface area contributed by atoms with Crippen molar-refractivity contribution in [2.75, 3.05) is 0 Å². The Morgan fingerprint density at radius 1 is 1.15 bits per heavy atom. The Hall–Kier alpha value is -2.27. The van der Waals surface area contributed by atoms with E-state index in [4.69, 9.17) is 0 Å². The van der Waals surface area contributed by atoms with Crippen LogP contribution in [0.15, 0.2) is 46.6 Å². The van der Waals surface area contributed by atoms with Gasteiger partial charge in [-0.25, -0.2) is 4.99 Å². The predicted octanol–water partition coefficient (Wildman–Crippen LogP) is 5.50. The van der Waals surface area contributed by atoms with E-state index in [-0.39, 0.29) is 5.91 Å². The molecule has 2 fully saturated rings. The molecule has 0 unspecified atom stereocenters. The van der Waals surface area contributed by atoms with Gasteiger partial charge in [0.15, 0.2) is 5.17 Å². The fourth-order valence-corrected chi connectivity index (χ4v) is 4.73. The first kappa shape index (κ1) is 18.1. The van der Waals surface area contributed by atoms with Crippen molar-refractivity contribution in [3.63, 3.8) is 0 Å². The number of aromatic nitrogens is 1. The maximum atomic E-state index is 12.3. The van der Waals surface area contributed by atoms with Crippen molar-refractivity contribution in [3.8, 4) is 0 Å². The molecule has 4 rings (SSSR count). The highest BCUT2D eigenvalue weighted by Gasteiger charge is 2.24. The number of amides is 1. The molecule has 1 saturated heterocycles. The number of carbonyl (C=O) groups is 1. The van der Waals surface area contributed by atoms with Gasteiger partial charge in [0, 0.05) is 18.4 Å². The summed E-state index contributed by atoms with van der Waals surface area (Å²) in [4.78, 5) is 17.6. The standard InChI is InChI=1S/C22H25N3OS/c1-15-10-16(2)12-18(11-15)23-22-24-21(26)20(27-22)13-17-8-9-25(14-17)19-6-4-3-5-7-19/h8-14,19H,3-7H2,1-2H3,(H,23,24,26)/b20-13+. The van der Waals surface area contributed by atoms with E-state index in [1.165, 1.54) is 55.0 Å². The van der Waals surface area contributed by atoms with Crippen LogP contribution in [-0.2, 0) is 4.79 Å². The summed E-state index contributed by atoms with van der Waals surface area (Å²) in [6.45, 7) is 4.11. The van der Waals surface area contributed by atoms with Gasteiger partial charge in [0.1, 0.15) is 0 Å². The van der Waals surface area contributed by atoms with E-state index in [1.54, 1.807) is 0 Å². The van der Waals surface area contributed by atoms with Crippen molar-refractivity contribution < 1.29 is 4.79 Å². The van der Waals surface area contributed by atoms with Crippen molar-refractivity contribution in [1.82, 2.24) is 9.88 Å². The Morgan fingerprint density at radius 3 is 2.63 bits per heavy atom. The summed E-state index contributed by atoms with van der Waals surface area (Å²) in [6.07, 6.45) is 12.8. The maximum absolute atomic E-state index is 12.3. The Morgan fingerprint density at radius 2 is 1.89 bits per heavy atom. The SMILES string of the molecule is Cc1cc(C)cc(N=C2NC(=O)/C(=C\c3ccn(C4CCCCC4)c3)S2)c1. The van der Waals surface area contributed by atoms with Gasteiger partial charge in [-0.1, -0.05) is 25.3 Å². The van der Waals surface area contributed by atoms with Crippen LogP contribution in [0, 0.1) is 13.8 Å². The maximum Gasteiger partial charge on any atom is 0.264 e. The van der Waals surface area contributed by atoms with Gasteiger partial charge < -0.3 is 9.88 Å². The smallest absolute Gasteiger partial charge is 0.264 e. The second kappa shape index (κ2) is 7.77. The first-order chi connectivity index (χ1) is 13.1. The first-order valence-electron chi connectivity index (χ1n) is 9.62. The highest BCUT2D eigenvalue weighted by Crippen LogP contribution is 2.31. The van der Waals surface area contributed by atoms with E-state index in [9.17, 15) is 4.79 Å². The van der Waals surface area contributed by atoms with Crippen LogP contribution >= 0.6 is 11.8 Å². The molecule has 0 spiro atoms. The van der Waals surface area contributed by atoms with Crippen molar-refractivity contribution in [2.24, 2.45) is 4.99 Å². The van der Waals surface area contributed by atoms with Crippen molar-refractivity contribution in [3.05, 3.63) is 58.3 Å². The molecule has 1 aliphatic heterocycles. The molecule has 2 aromatic rings. The van der Waals surface area contributed by atoms with Gasteiger partial charge in [0.25, 0.3) is 5.91 Å². The molecule has 1 aromatic heterocycles. The molecule has 0 radical (unpaired) electrons. The number of carbonyl (C=O) groups excluding carboxylic acids is 1. The fraction of sp³-hybridized carbons (Fsp3) is 0.364. The summed E-state index contributed by atoms with van der Waals surface area (Å²) in [5.74, 6) is -0.0754. The van der Waals surface area contributed by atoms with Crippen molar-refractivity contribution in [2.45, 2.75) is 52.0 Å². The molecule has 2 heterocycles. The number of nitrogens with zero attached hydrogens (tertiary/aromatic N) is 2. The van der Waals surface area contributed by atoms with E-state index >= 15 is 0 Å². The lowest BCUT2D eigenvalue weighted by atomic mass is 9.95. The Bertz CT molecular complexity index is 899. The Balaban J connectivity index is 1.50. The largest absolute Gasteiger partial charge is 0.351 e. The summed E-state index contributed by atoms with van der Waals surface area (Å²) in [6, 6.07) is 8.87. The van der Waals surface area contributed by atoms with Gasteiger partial charge in [-0.05, 0) is 79.4 Å². The number of hydrogen-bond acceptors (Lipinski definition) is 3. The lowest BCUT2D eigenvalue weighted by Crippen LogP contribution is -2.19. The lowest BCUT2D eigenvalue weighted by Gasteiger charge is -2.23. The monoisotopic (exact) mass is 379 g/mol. The summed E-state index contributed by atoms with van der Waals surface area (Å²) in [7, 11) is 0. The number of benzene rings is 1. The van der Waals surface area contributed by atoms with Crippen LogP contribution in [0.25, 0.3) is 6.08 Å². The van der Waals surface area contributed by atoms with Crippen LogP contribution in [-0.4, -0.2) is 15.6 Å². The van der Waals surface area contributed by atoms with Gasteiger partial charge in [-0.2, -0.15) is 0 Å². The summed E-state index contributed by atoms with van der Waals surface area (Å²) < 4.78 is 2.31.